The molecule has 0 saturated heterocycles. The molecule has 0 aromatic carbocycles. The number of aryl methyl sites for hydroxylation is 2. The molecule has 0 aliphatic heterocycles. The van der Waals surface area contributed by atoms with E-state index in [2.05, 4.69) is 15.4 Å². The van der Waals surface area contributed by atoms with E-state index in [1.54, 1.807) is 20.0 Å². The number of nitrogens with two attached hydrogens (primary N) is 1. The maximum absolute atomic E-state index is 11.9. The summed E-state index contributed by atoms with van der Waals surface area (Å²) in [5.41, 5.74) is 2.30. The minimum absolute atomic E-state index is 0.00269. The molecule has 0 bridgehead atoms. The summed E-state index contributed by atoms with van der Waals surface area (Å²) in [6, 6.07) is 2.98. The van der Waals surface area contributed by atoms with Crippen molar-refractivity contribution >= 4 is 5.82 Å². The lowest BCUT2D eigenvalue weighted by atomic mass is 10.4. The zero-order valence-electron chi connectivity index (χ0n) is 10.6. The zero-order valence-corrected chi connectivity index (χ0v) is 10.6. The van der Waals surface area contributed by atoms with Crippen LogP contribution in [-0.4, -0.2) is 19.1 Å². The van der Waals surface area contributed by atoms with E-state index in [1.807, 2.05) is 0 Å². The van der Waals surface area contributed by atoms with Gasteiger partial charge in [0.25, 0.3) is 5.56 Å². The van der Waals surface area contributed by atoms with Gasteiger partial charge in [-0.2, -0.15) is 0 Å². The number of anilines is 1. The molecule has 0 amide bonds. The third kappa shape index (κ3) is 2.68. The second-order valence-electron chi connectivity index (χ2n) is 4.09. The van der Waals surface area contributed by atoms with Crippen molar-refractivity contribution in [3.8, 4) is 0 Å². The van der Waals surface area contributed by atoms with Crippen LogP contribution in [0.3, 0.4) is 0 Å². The highest BCUT2D eigenvalue weighted by atomic mass is 16.2. The molecule has 0 atom stereocenters. The van der Waals surface area contributed by atoms with Gasteiger partial charge < -0.3 is 9.99 Å². The minimum Gasteiger partial charge on any atom is -0.308 e. The molecule has 0 aliphatic carbocycles. The second kappa shape index (κ2) is 5.02. The Morgan fingerprint density at radius 1 is 1.37 bits per heavy atom. The average molecular weight is 262 g/mol. The van der Waals surface area contributed by atoms with Crippen LogP contribution >= 0.6 is 0 Å². The predicted molar refractivity (Wildman–Crippen MR) is 69.6 cm³/mol. The van der Waals surface area contributed by atoms with E-state index in [4.69, 9.17) is 5.84 Å². The van der Waals surface area contributed by atoms with Crippen molar-refractivity contribution in [2.45, 2.75) is 13.5 Å². The first-order valence-electron chi connectivity index (χ1n) is 5.59. The Kier molecular flexibility index (Phi) is 3.43. The molecule has 19 heavy (non-hydrogen) atoms. The molecule has 8 nitrogen and oxygen atoms in total. The first-order chi connectivity index (χ1) is 9.01. The summed E-state index contributed by atoms with van der Waals surface area (Å²) in [6.45, 7) is 1.78. The highest BCUT2D eigenvalue weighted by Gasteiger charge is 2.07. The topological polar surface area (TPSA) is 108 Å². The lowest BCUT2D eigenvalue weighted by molar-refractivity contribution is 0.619. The number of hydrogen-bond donors (Lipinski definition) is 2. The van der Waals surface area contributed by atoms with Crippen LogP contribution < -0.4 is 22.5 Å². The van der Waals surface area contributed by atoms with Crippen molar-refractivity contribution in [3.63, 3.8) is 0 Å². The smallest absolute Gasteiger partial charge is 0.308 e. The van der Waals surface area contributed by atoms with Crippen molar-refractivity contribution in [3.05, 3.63) is 50.7 Å². The van der Waals surface area contributed by atoms with Crippen LogP contribution in [0.5, 0.6) is 0 Å². The summed E-state index contributed by atoms with van der Waals surface area (Å²) in [6.07, 6.45) is 1.42. The number of rotatable bonds is 3. The maximum Gasteiger partial charge on any atom is 0.331 e. The minimum atomic E-state index is -0.417. The van der Waals surface area contributed by atoms with Crippen molar-refractivity contribution < 1.29 is 0 Å². The summed E-state index contributed by atoms with van der Waals surface area (Å²) >= 11 is 0. The quantitative estimate of drug-likeness (QED) is 0.541. The van der Waals surface area contributed by atoms with E-state index < -0.39 is 11.2 Å². The van der Waals surface area contributed by atoms with Gasteiger partial charge in [-0.1, -0.05) is 0 Å². The highest BCUT2D eigenvalue weighted by molar-refractivity contribution is 5.33. The maximum atomic E-state index is 11.9. The molecule has 2 heterocycles. The Morgan fingerprint density at radius 2 is 2.11 bits per heavy atom. The molecule has 2 aromatic rings. The second-order valence-corrected chi connectivity index (χ2v) is 4.09. The van der Waals surface area contributed by atoms with Gasteiger partial charge in [-0.25, -0.2) is 20.6 Å². The molecule has 0 aliphatic rings. The van der Waals surface area contributed by atoms with Crippen molar-refractivity contribution in [1.82, 2.24) is 19.1 Å². The fraction of sp³-hybridized carbons (Fsp3) is 0.273. The van der Waals surface area contributed by atoms with E-state index >= 15 is 0 Å². The Morgan fingerprint density at radius 3 is 2.79 bits per heavy atom. The Labute approximate surface area is 108 Å². The van der Waals surface area contributed by atoms with Gasteiger partial charge in [0, 0.05) is 31.1 Å². The molecule has 100 valence electrons. The van der Waals surface area contributed by atoms with Gasteiger partial charge in [-0.3, -0.25) is 9.36 Å². The van der Waals surface area contributed by atoms with Crippen LogP contribution in [0.4, 0.5) is 5.82 Å². The fourth-order valence-electron chi connectivity index (χ4n) is 1.68. The molecular weight excluding hydrogens is 248 g/mol. The molecule has 3 N–H and O–H groups in total. The van der Waals surface area contributed by atoms with Crippen LogP contribution in [-0.2, 0) is 13.6 Å². The van der Waals surface area contributed by atoms with Crippen LogP contribution in [0.1, 0.15) is 11.5 Å². The summed E-state index contributed by atoms with van der Waals surface area (Å²) in [7, 11) is 1.57. The van der Waals surface area contributed by atoms with E-state index in [9.17, 15) is 9.59 Å². The third-order valence-corrected chi connectivity index (χ3v) is 2.59. The molecule has 0 unspecified atom stereocenters. The van der Waals surface area contributed by atoms with E-state index in [1.165, 1.54) is 16.8 Å². The van der Waals surface area contributed by atoms with Gasteiger partial charge in [-0.15, -0.1) is 0 Å². The Bertz CT molecular complexity index is 718. The molecule has 0 saturated carbocycles. The predicted octanol–water partition coefficient (Wildman–Crippen LogP) is -1.02. The summed E-state index contributed by atoms with van der Waals surface area (Å²) in [4.78, 5) is 31.8. The van der Waals surface area contributed by atoms with Crippen LogP contribution in [0.25, 0.3) is 0 Å². The summed E-state index contributed by atoms with van der Waals surface area (Å²) in [5, 5.41) is 0. The number of aromatic nitrogens is 4. The van der Waals surface area contributed by atoms with Crippen molar-refractivity contribution in [2.24, 2.45) is 12.9 Å². The van der Waals surface area contributed by atoms with E-state index in [0.717, 1.165) is 4.57 Å². The highest BCUT2D eigenvalue weighted by Crippen LogP contribution is 2.04. The Hall–Kier alpha value is -2.48. The first-order valence-corrected chi connectivity index (χ1v) is 5.59. The largest absolute Gasteiger partial charge is 0.331 e. The van der Waals surface area contributed by atoms with E-state index in [0.29, 0.717) is 17.3 Å². The lowest BCUT2D eigenvalue weighted by Gasteiger charge is -2.07. The standard InChI is InChI=1S/C11H14N6O2/c1-7-5-8(15-12)14-9(13-7)6-17-10(18)3-4-16(2)11(17)19/h3-5H,6,12H2,1-2H3,(H,13,14,15). The van der Waals surface area contributed by atoms with Crippen LogP contribution in [0.2, 0.25) is 0 Å². The van der Waals surface area contributed by atoms with Crippen molar-refractivity contribution in [2.75, 3.05) is 5.43 Å². The number of nitrogens with zero attached hydrogens (tertiary/aromatic N) is 4. The molecule has 2 aromatic heterocycles. The van der Waals surface area contributed by atoms with Gasteiger partial charge in [0.2, 0.25) is 0 Å². The molecular formula is C11H14N6O2. The lowest BCUT2D eigenvalue weighted by Crippen LogP contribution is -2.38. The first kappa shape index (κ1) is 13.0. The number of nitrogens with one attached hydrogen (secondary N) is 1. The van der Waals surface area contributed by atoms with Gasteiger partial charge in [-0.05, 0) is 6.92 Å². The van der Waals surface area contributed by atoms with E-state index in [-0.39, 0.29) is 6.54 Å². The number of hydrogen-bond acceptors (Lipinski definition) is 6. The Balaban J connectivity index is 2.47. The zero-order chi connectivity index (χ0) is 14.0. The van der Waals surface area contributed by atoms with Gasteiger partial charge in [0.1, 0.15) is 5.82 Å². The van der Waals surface area contributed by atoms with Crippen LogP contribution in [0.15, 0.2) is 27.9 Å². The van der Waals surface area contributed by atoms with Crippen LogP contribution in [0, 0.1) is 6.92 Å². The fourth-order valence-corrected chi connectivity index (χ4v) is 1.68. The molecule has 0 radical (unpaired) electrons. The molecule has 2 rings (SSSR count). The third-order valence-electron chi connectivity index (χ3n) is 2.59. The normalized spacial score (nSPS) is 10.5. The molecule has 8 heteroatoms. The number of hydrazine groups is 1. The number of nitrogen functional groups attached to an aromatic ring is 1. The monoisotopic (exact) mass is 262 g/mol. The summed E-state index contributed by atoms with van der Waals surface area (Å²) < 4.78 is 2.38. The van der Waals surface area contributed by atoms with Gasteiger partial charge in [0.05, 0.1) is 6.54 Å². The molecule has 0 fully saturated rings. The SMILES string of the molecule is Cc1cc(NN)nc(Cn2c(=O)ccn(C)c2=O)n1. The van der Waals surface area contributed by atoms with Gasteiger partial charge in [0.15, 0.2) is 5.82 Å². The van der Waals surface area contributed by atoms with Crippen molar-refractivity contribution in [1.29, 1.82) is 0 Å². The molecule has 0 spiro atoms. The summed E-state index contributed by atoms with van der Waals surface area (Å²) in [5.74, 6) is 6.07. The van der Waals surface area contributed by atoms with Gasteiger partial charge >= 0.3 is 5.69 Å². The average Bonchev–Trinajstić information content (AvgIpc) is 2.38.